The lowest BCUT2D eigenvalue weighted by Crippen LogP contribution is -2.33. The van der Waals surface area contributed by atoms with Gasteiger partial charge in [-0.1, -0.05) is 92.1 Å². The zero-order valence-electron chi connectivity index (χ0n) is 16.4. The van der Waals surface area contributed by atoms with Crippen LogP contribution in [-0.4, -0.2) is 5.66 Å². The first-order valence-corrected chi connectivity index (χ1v) is 12.4. The second kappa shape index (κ2) is 8.19. The van der Waals surface area contributed by atoms with Gasteiger partial charge in [-0.25, -0.2) is 0 Å². The van der Waals surface area contributed by atoms with Crippen molar-refractivity contribution in [3.8, 4) is 0 Å². The number of hydrogen-bond donors (Lipinski definition) is 0. The Morgan fingerprint density at radius 2 is 1.52 bits per heavy atom. The van der Waals surface area contributed by atoms with Gasteiger partial charge in [0.15, 0.2) is 0 Å². The van der Waals surface area contributed by atoms with E-state index in [4.69, 9.17) is 0 Å². The molecule has 0 aliphatic heterocycles. The van der Waals surface area contributed by atoms with E-state index in [-0.39, 0.29) is 5.66 Å². The van der Waals surface area contributed by atoms with E-state index < -0.39 is 7.14 Å². The molecule has 27 heavy (non-hydrogen) atoms. The Bertz CT molecular complexity index is 780. The SMILES string of the molecule is CCCC1=CCC[C@@H](P(=O)(c2ccccc2)c2ccccc2)[C@@H]2CCC[C@@H]12. The highest BCUT2D eigenvalue weighted by Crippen LogP contribution is 2.59. The van der Waals surface area contributed by atoms with Gasteiger partial charge in [0.25, 0.3) is 0 Å². The summed E-state index contributed by atoms with van der Waals surface area (Å²) in [6, 6.07) is 20.7. The van der Waals surface area contributed by atoms with E-state index in [1.807, 2.05) is 12.1 Å². The highest BCUT2D eigenvalue weighted by molar-refractivity contribution is 7.79. The minimum absolute atomic E-state index is 0.264. The zero-order valence-corrected chi connectivity index (χ0v) is 17.3. The summed E-state index contributed by atoms with van der Waals surface area (Å²) >= 11 is 0. The molecular formula is C25H31OP. The smallest absolute Gasteiger partial charge is 0.146 e. The zero-order chi connectivity index (χ0) is 18.7. The van der Waals surface area contributed by atoms with Gasteiger partial charge in [0, 0.05) is 16.3 Å². The lowest BCUT2D eigenvalue weighted by Gasteiger charge is -2.35. The number of rotatable bonds is 5. The van der Waals surface area contributed by atoms with Crippen LogP contribution in [0.2, 0.25) is 0 Å². The average Bonchev–Trinajstić information content (AvgIpc) is 3.14. The summed E-state index contributed by atoms with van der Waals surface area (Å²) in [6.45, 7) is 2.28. The Balaban J connectivity index is 1.81. The van der Waals surface area contributed by atoms with Crippen molar-refractivity contribution in [3.63, 3.8) is 0 Å². The number of fused-ring (bicyclic) bond motifs is 1. The van der Waals surface area contributed by atoms with Crippen LogP contribution in [0, 0.1) is 11.8 Å². The fraction of sp³-hybridized carbons (Fsp3) is 0.440. The molecule has 3 atom stereocenters. The van der Waals surface area contributed by atoms with Gasteiger partial charge in [0.05, 0.1) is 0 Å². The first-order valence-electron chi connectivity index (χ1n) is 10.6. The van der Waals surface area contributed by atoms with Crippen molar-refractivity contribution < 1.29 is 4.57 Å². The molecule has 2 aromatic carbocycles. The maximum absolute atomic E-state index is 14.9. The third kappa shape index (κ3) is 3.47. The second-order valence-corrected chi connectivity index (χ2v) is 11.2. The van der Waals surface area contributed by atoms with E-state index in [9.17, 15) is 4.57 Å². The molecule has 1 saturated carbocycles. The van der Waals surface area contributed by atoms with E-state index in [0.717, 1.165) is 23.5 Å². The maximum Gasteiger partial charge on any atom is 0.146 e. The fourth-order valence-electron chi connectivity index (χ4n) is 5.57. The van der Waals surface area contributed by atoms with Crippen LogP contribution in [0.1, 0.15) is 51.9 Å². The fourth-order valence-corrected chi connectivity index (χ4v) is 9.28. The van der Waals surface area contributed by atoms with Crippen molar-refractivity contribution >= 4 is 17.8 Å². The van der Waals surface area contributed by atoms with E-state index in [2.05, 4.69) is 61.5 Å². The Hall–Kier alpha value is -1.59. The van der Waals surface area contributed by atoms with Crippen LogP contribution in [0.15, 0.2) is 72.3 Å². The Labute approximate surface area is 164 Å². The summed E-state index contributed by atoms with van der Waals surface area (Å²) in [6.07, 6.45) is 10.9. The molecular weight excluding hydrogens is 347 g/mol. The van der Waals surface area contributed by atoms with Crippen LogP contribution in [0.5, 0.6) is 0 Å². The van der Waals surface area contributed by atoms with Gasteiger partial charge in [0.2, 0.25) is 0 Å². The van der Waals surface area contributed by atoms with Gasteiger partial charge in [-0.05, 0) is 43.9 Å². The minimum Gasteiger partial charge on any atom is -0.313 e. The first-order chi connectivity index (χ1) is 13.2. The molecule has 2 aliphatic rings. The molecule has 0 heterocycles. The molecule has 2 aliphatic carbocycles. The largest absolute Gasteiger partial charge is 0.313 e. The molecule has 4 rings (SSSR count). The molecule has 2 heteroatoms. The van der Waals surface area contributed by atoms with Gasteiger partial charge in [-0.2, -0.15) is 0 Å². The summed E-state index contributed by atoms with van der Waals surface area (Å²) in [7, 11) is -2.68. The van der Waals surface area contributed by atoms with Gasteiger partial charge in [0.1, 0.15) is 7.14 Å². The van der Waals surface area contributed by atoms with Gasteiger partial charge < -0.3 is 4.57 Å². The van der Waals surface area contributed by atoms with E-state index in [0.29, 0.717) is 11.8 Å². The standard InChI is InChI=1S/C25H31OP/c1-2-11-20-12-9-19-25(24-18-10-17-23(20)24)27(26,21-13-5-3-6-14-21)22-15-7-4-8-16-22/h3-8,12-16,23-25H,2,9-11,17-19H2,1H3/t23-,24+,25+/m0/s1. The predicted molar refractivity (Wildman–Crippen MR) is 117 cm³/mol. The monoisotopic (exact) mass is 378 g/mol. The third-order valence-electron chi connectivity index (χ3n) is 6.69. The van der Waals surface area contributed by atoms with Crippen LogP contribution in [0.4, 0.5) is 0 Å². The Kier molecular flexibility index (Phi) is 5.69. The van der Waals surface area contributed by atoms with Crippen molar-refractivity contribution in [1.82, 2.24) is 0 Å². The second-order valence-electron chi connectivity index (χ2n) is 8.20. The summed E-state index contributed by atoms with van der Waals surface area (Å²) in [5, 5.41) is 2.09. The highest BCUT2D eigenvalue weighted by atomic mass is 31.2. The number of allylic oxidation sites excluding steroid dienone is 2. The number of benzene rings is 2. The molecule has 0 amide bonds. The molecule has 1 fully saturated rings. The predicted octanol–water partition coefficient (Wildman–Crippen LogP) is 6.31. The lowest BCUT2D eigenvalue weighted by molar-refractivity contribution is 0.402. The van der Waals surface area contributed by atoms with Crippen LogP contribution in [0.25, 0.3) is 0 Å². The van der Waals surface area contributed by atoms with Crippen molar-refractivity contribution in [3.05, 3.63) is 72.3 Å². The van der Waals surface area contributed by atoms with Crippen molar-refractivity contribution in [2.45, 2.75) is 57.5 Å². The van der Waals surface area contributed by atoms with Crippen LogP contribution < -0.4 is 10.6 Å². The van der Waals surface area contributed by atoms with Crippen molar-refractivity contribution in [2.75, 3.05) is 0 Å². The quantitative estimate of drug-likeness (QED) is 0.440. The van der Waals surface area contributed by atoms with Crippen LogP contribution in [0.3, 0.4) is 0 Å². The summed E-state index contributed by atoms with van der Waals surface area (Å²) < 4.78 is 14.9. The van der Waals surface area contributed by atoms with E-state index in [1.54, 1.807) is 5.57 Å². The normalized spacial score (nSPS) is 25.5. The van der Waals surface area contributed by atoms with Gasteiger partial charge >= 0.3 is 0 Å². The Morgan fingerprint density at radius 1 is 0.889 bits per heavy atom. The van der Waals surface area contributed by atoms with Gasteiger partial charge in [-0.3, -0.25) is 0 Å². The summed E-state index contributed by atoms with van der Waals surface area (Å²) in [4.78, 5) is 0. The highest BCUT2D eigenvalue weighted by Gasteiger charge is 2.46. The molecule has 0 unspecified atom stereocenters. The van der Waals surface area contributed by atoms with E-state index >= 15 is 0 Å². The molecule has 1 nitrogen and oxygen atoms in total. The van der Waals surface area contributed by atoms with Crippen LogP contribution >= 0.6 is 7.14 Å². The third-order valence-corrected chi connectivity index (χ3v) is 10.4. The van der Waals surface area contributed by atoms with Crippen LogP contribution in [-0.2, 0) is 4.57 Å². The Morgan fingerprint density at radius 3 is 2.11 bits per heavy atom. The minimum atomic E-state index is -2.68. The molecule has 0 bridgehead atoms. The maximum atomic E-state index is 14.9. The van der Waals surface area contributed by atoms with Crippen molar-refractivity contribution in [2.24, 2.45) is 11.8 Å². The molecule has 0 spiro atoms. The molecule has 0 saturated heterocycles. The average molecular weight is 378 g/mol. The lowest BCUT2D eigenvalue weighted by atomic mass is 9.85. The first kappa shape index (κ1) is 18.8. The van der Waals surface area contributed by atoms with Gasteiger partial charge in [-0.15, -0.1) is 0 Å². The summed E-state index contributed by atoms with van der Waals surface area (Å²) in [5.41, 5.74) is 1.93. The molecule has 2 aromatic rings. The summed E-state index contributed by atoms with van der Waals surface area (Å²) in [5.74, 6) is 1.22. The molecule has 142 valence electrons. The molecule has 0 radical (unpaired) electrons. The molecule has 0 aromatic heterocycles. The topological polar surface area (TPSA) is 17.1 Å². The van der Waals surface area contributed by atoms with Crippen molar-refractivity contribution in [1.29, 1.82) is 0 Å². The van der Waals surface area contributed by atoms with E-state index in [1.165, 1.54) is 32.1 Å². The molecule has 0 N–H and O–H groups in total. The number of hydrogen-bond acceptors (Lipinski definition) is 1.